The van der Waals surface area contributed by atoms with Gasteiger partial charge in [-0.05, 0) is 43.2 Å². The van der Waals surface area contributed by atoms with Crippen molar-refractivity contribution in [1.82, 2.24) is 19.9 Å². The van der Waals surface area contributed by atoms with E-state index in [0.29, 0.717) is 24.2 Å². The van der Waals surface area contributed by atoms with E-state index in [-0.39, 0.29) is 34.1 Å². The molecule has 1 atom stereocenters. The van der Waals surface area contributed by atoms with Crippen LogP contribution in [0.25, 0.3) is 27.6 Å². The number of carbonyl (C=O) groups is 1. The number of alkyl halides is 3. The molecule has 36 heavy (non-hydrogen) atoms. The zero-order chi connectivity index (χ0) is 25.3. The smallest absolute Gasteiger partial charge is 0.406 e. The van der Waals surface area contributed by atoms with Crippen molar-refractivity contribution >= 4 is 39.6 Å². The summed E-state index contributed by atoms with van der Waals surface area (Å²) in [5.74, 6) is -0.673. The minimum absolute atomic E-state index is 0.00439. The molecule has 0 aliphatic carbocycles. The molecular weight excluding hydrogens is 497 g/mol. The Kier molecular flexibility index (Phi) is 6.63. The number of hydrogen-bond donors (Lipinski definition) is 2. The van der Waals surface area contributed by atoms with Gasteiger partial charge in [0.1, 0.15) is 16.8 Å². The number of aromatic nitrogens is 3. The van der Waals surface area contributed by atoms with E-state index >= 15 is 0 Å². The molecule has 1 fully saturated rings. The van der Waals surface area contributed by atoms with Crippen LogP contribution in [0.1, 0.15) is 12.8 Å². The summed E-state index contributed by atoms with van der Waals surface area (Å²) in [5.41, 5.74) is 1.26. The maximum absolute atomic E-state index is 13.5. The minimum Gasteiger partial charge on any atom is -0.406 e. The van der Waals surface area contributed by atoms with E-state index in [9.17, 15) is 22.8 Å². The van der Waals surface area contributed by atoms with Crippen molar-refractivity contribution in [3.8, 4) is 11.4 Å². The zero-order valence-corrected chi connectivity index (χ0v) is 19.6. The fourth-order valence-electron chi connectivity index (χ4n) is 4.08. The molecule has 0 bridgehead atoms. The molecule has 1 aliphatic heterocycles. The van der Waals surface area contributed by atoms with Crippen LogP contribution in [0.15, 0.2) is 58.5 Å². The van der Waals surface area contributed by atoms with Gasteiger partial charge in [-0.3, -0.25) is 14.2 Å². The summed E-state index contributed by atoms with van der Waals surface area (Å²) in [5, 5.41) is 3.81. The number of halogens is 3. The highest BCUT2D eigenvalue weighted by Crippen LogP contribution is 2.28. The molecule has 2 aromatic heterocycles. The van der Waals surface area contributed by atoms with E-state index in [4.69, 9.17) is 4.74 Å². The van der Waals surface area contributed by atoms with Crippen LogP contribution in [-0.2, 0) is 9.53 Å². The third kappa shape index (κ3) is 5.19. The van der Waals surface area contributed by atoms with Crippen molar-refractivity contribution in [2.75, 3.05) is 18.9 Å². The van der Waals surface area contributed by atoms with Crippen LogP contribution in [-0.4, -0.2) is 51.8 Å². The second-order valence-corrected chi connectivity index (χ2v) is 9.14. The number of fused-ring (bicyclic) bond motifs is 3. The Balaban J connectivity index is 1.49. The molecule has 1 aliphatic rings. The summed E-state index contributed by atoms with van der Waals surface area (Å²) in [6, 6.07) is 12.2. The average Bonchev–Trinajstić information content (AvgIpc) is 3.49. The first kappa shape index (κ1) is 24.2. The van der Waals surface area contributed by atoms with Crippen molar-refractivity contribution in [2.24, 2.45) is 0 Å². The van der Waals surface area contributed by atoms with Crippen molar-refractivity contribution in [3.63, 3.8) is 0 Å². The number of nitrogens with one attached hydrogen (secondary N) is 2. The zero-order valence-electron chi connectivity index (χ0n) is 18.8. The molecule has 188 valence electrons. The Morgan fingerprint density at radius 1 is 1.22 bits per heavy atom. The van der Waals surface area contributed by atoms with Crippen LogP contribution in [0.3, 0.4) is 0 Å². The maximum atomic E-state index is 13.5. The topological polar surface area (TPSA) is 98.2 Å². The van der Waals surface area contributed by atoms with Gasteiger partial charge in [-0.15, -0.1) is 13.2 Å². The molecule has 8 nitrogen and oxygen atoms in total. The Labute approximate surface area is 206 Å². The lowest BCUT2D eigenvalue weighted by molar-refractivity contribution is -0.274. The highest BCUT2D eigenvalue weighted by molar-refractivity contribution is 7.99. The molecule has 1 amide bonds. The van der Waals surface area contributed by atoms with E-state index in [1.165, 1.54) is 16.7 Å². The van der Waals surface area contributed by atoms with Crippen LogP contribution in [0, 0.1) is 0 Å². The van der Waals surface area contributed by atoms with Crippen LogP contribution in [0.5, 0.6) is 5.75 Å². The minimum atomic E-state index is -4.83. The predicted molar refractivity (Wildman–Crippen MR) is 129 cm³/mol. The van der Waals surface area contributed by atoms with Gasteiger partial charge in [-0.25, -0.2) is 4.98 Å². The van der Waals surface area contributed by atoms with Crippen molar-refractivity contribution in [2.45, 2.75) is 30.5 Å². The lowest BCUT2D eigenvalue weighted by atomic mass is 10.2. The summed E-state index contributed by atoms with van der Waals surface area (Å²) in [6.45, 7) is 1.09. The third-order valence-corrected chi connectivity index (χ3v) is 6.64. The number of nitrogens with zero attached hydrogens (tertiary/aromatic N) is 2. The number of hydrogen-bond acceptors (Lipinski definition) is 6. The number of thioether (sulfide) groups is 1. The Morgan fingerprint density at radius 3 is 2.72 bits per heavy atom. The summed E-state index contributed by atoms with van der Waals surface area (Å²) in [7, 11) is 0. The van der Waals surface area contributed by atoms with Gasteiger partial charge in [0.2, 0.25) is 5.91 Å². The first-order chi connectivity index (χ1) is 17.3. The number of rotatable bonds is 7. The van der Waals surface area contributed by atoms with Gasteiger partial charge in [0.25, 0.3) is 5.56 Å². The van der Waals surface area contributed by atoms with Gasteiger partial charge in [0.05, 0.1) is 17.5 Å². The van der Waals surface area contributed by atoms with Crippen LogP contribution in [0.4, 0.5) is 13.2 Å². The van der Waals surface area contributed by atoms with Crippen LogP contribution in [0.2, 0.25) is 0 Å². The molecule has 0 radical (unpaired) electrons. The van der Waals surface area contributed by atoms with Crippen molar-refractivity contribution in [1.29, 1.82) is 0 Å². The molecule has 5 rings (SSSR count). The van der Waals surface area contributed by atoms with E-state index in [0.717, 1.165) is 42.1 Å². The predicted octanol–water partition coefficient (Wildman–Crippen LogP) is 4.15. The lowest BCUT2D eigenvalue weighted by Crippen LogP contribution is -2.33. The van der Waals surface area contributed by atoms with Crippen molar-refractivity contribution in [3.05, 3.63) is 58.9 Å². The van der Waals surface area contributed by atoms with E-state index in [2.05, 4.69) is 20.0 Å². The monoisotopic (exact) mass is 518 g/mol. The van der Waals surface area contributed by atoms with Gasteiger partial charge in [-0.1, -0.05) is 30.0 Å². The molecule has 2 N–H and O–H groups in total. The quantitative estimate of drug-likeness (QED) is 0.282. The summed E-state index contributed by atoms with van der Waals surface area (Å²) in [6.07, 6.45) is -2.99. The first-order valence-corrected chi connectivity index (χ1v) is 12.2. The van der Waals surface area contributed by atoms with E-state index < -0.39 is 17.7 Å². The highest BCUT2D eigenvalue weighted by Gasteiger charge is 2.31. The van der Waals surface area contributed by atoms with Gasteiger partial charge < -0.3 is 19.8 Å². The number of para-hydroxylation sites is 1. The SMILES string of the molecule is O=C(CSc1nc2c([nH]c3ccccc32)c(=O)n1-c1ccc(OC(F)(F)F)cc1)NCC1CCCO1. The molecule has 12 heteroatoms. The largest absolute Gasteiger partial charge is 0.573 e. The second kappa shape index (κ2) is 9.86. The number of aromatic amines is 1. The number of H-pyrrole nitrogens is 1. The third-order valence-electron chi connectivity index (χ3n) is 5.71. The van der Waals surface area contributed by atoms with Gasteiger partial charge in [0.15, 0.2) is 5.16 Å². The first-order valence-electron chi connectivity index (χ1n) is 11.2. The van der Waals surface area contributed by atoms with Gasteiger partial charge >= 0.3 is 6.36 Å². The highest BCUT2D eigenvalue weighted by atomic mass is 32.2. The van der Waals surface area contributed by atoms with Gasteiger partial charge in [0, 0.05) is 24.1 Å². The Bertz CT molecular complexity index is 1460. The van der Waals surface area contributed by atoms with Crippen LogP contribution >= 0.6 is 11.8 Å². The molecule has 1 saturated heterocycles. The molecule has 4 aromatic rings. The fourth-order valence-corrected chi connectivity index (χ4v) is 4.91. The summed E-state index contributed by atoms with van der Waals surface area (Å²) >= 11 is 1.06. The van der Waals surface area contributed by atoms with Crippen molar-refractivity contribution < 1.29 is 27.4 Å². The van der Waals surface area contributed by atoms with Gasteiger partial charge in [-0.2, -0.15) is 0 Å². The van der Waals surface area contributed by atoms with Crippen LogP contribution < -0.4 is 15.6 Å². The number of ether oxygens (including phenoxy) is 2. The molecular formula is C24H21F3N4O4S. The Morgan fingerprint density at radius 2 is 2.00 bits per heavy atom. The number of amides is 1. The summed E-state index contributed by atoms with van der Waals surface area (Å²) in [4.78, 5) is 33.7. The summed E-state index contributed by atoms with van der Waals surface area (Å²) < 4.78 is 48.4. The average molecular weight is 519 g/mol. The molecule has 2 aromatic carbocycles. The Hall–Kier alpha value is -3.51. The fraction of sp³-hybridized carbons (Fsp3) is 0.292. The van der Waals surface area contributed by atoms with E-state index in [1.54, 1.807) is 0 Å². The molecule has 1 unspecified atom stereocenters. The number of benzene rings is 2. The maximum Gasteiger partial charge on any atom is 0.573 e. The normalized spacial score (nSPS) is 16.0. The van der Waals surface area contributed by atoms with E-state index in [1.807, 2.05) is 24.3 Å². The molecule has 3 heterocycles. The lowest BCUT2D eigenvalue weighted by Gasteiger charge is -2.14. The molecule has 0 spiro atoms. The molecule has 0 saturated carbocycles. The standard InChI is InChI=1S/C24H21F3N4O4S/c25-24(26,27)35-15-9-7-14(8-10-15)31-22(33)21-20(17-5-1-2-6-18(17)29-21)30-23(31)36-13-19(32)28-12-16-4-3-11-34-16/h1-2,5-10,16,29H,3-4,11-13H2,(H,28,32). The number of carbonyl (C=O) groups excluding carboxylic acids is 1. The second-order valence-electron chi connectivity index (χ2n) is 8.20.